The number of urea groups is 1. The quantitative estimate of drug-likeness (QED) is 0.741. The van der Waals surface area contributed by atoms with Gasteiger partial charge in [-0.15, -0.1) is 0 Å². The molecule has 2 amide bonds. The lowest BCUT2D eigenvalue weighted by molar-refractivity contribution is -0.141. The van der Waals surface area contributed by atoms with Crippen molar-refractivity contribution < 1.29 is 23.8 Å². The Labute approximate surface area is 174 Å². The van der Waals surface area contributed by atoms with E-state index in [1.165, 1.54) is 7.11 Å². The van der Waals surface area contributed by atoms with Crippen LogP contribution in [0, 0.1) is 0 Å². The number of nitrogens with one attached hydrogen (secondary N) is 1. The second kappa shape index (κ2) is 9.05. The minimum Gasteiger partial charge on any atom is -0.493 e. The Kier molecular flexibility index (Phi) is 6.49. The van der Waals surface area contributed by atoms with Crippen LogP contribution in [0.3, 0.4) is 0 Å². The van der Waals surface area contributed by atoms with Crippen LogP contribution in [0.25, 0.3) is 0 Å². The molecular formula is C21H23ClN2O5. The molecule has 1 aliphatic rings. The van der Waals surface area contributed by atoms with Crippen LogP contribution in [-0.4, -0.2) is 44.8 Å². The summed E-state index contributed by atoms with van der Waals surface area (Å²) in [5, 5.41) is 3.37. The van der Waals surface area contributed by atoms with Crippen molar-refractivity contribution in [3.63, 3.8) is 0 Å². The van der Waals surface area contributed by atoms with Gasteiger partial charge in [-0.05, 0) is 47.9 Å². The van der Waals surface area contributed by atoms with Gasteiger partial charge in [-0.25, -0.2) is 4.79 Å². The number of carbonyl (C=O) groups is 2. The van der Waals surface area contributed by atoms with E-state index in [2.05, 4.69) is 5.32 Å². The van der Waals surface area contributed by atoms with Gasteiger partial charge in [0.1, 0.15) is 0 Å². The molecule has 0 spiro atoms. The van der Waals surface area contributed by atoms with Crippen LogP contribution in [0.5, 0.6) is 11.5 Å². The molecule has 1 heterocycles. The Balaban J connectivity index is 1.95. The molecule has 0 saturated heterocycles. The number of nitrogens with zero attached hydrogens (tertiary/aromatic N) is 1. The number of hydrogen-bond acceptors (Lipinski definition) is 5. The van der Waals surface area contributed by atoms with Crippen molar-refractivity contribution in [2.45, 2.75) is 18.9 Å². The normalized spacial score (nSPS) is 15.3. The van der Waals surface area contributed by atoms with Crippen molar-refractivity contribution in [1.29, 1.82) is 0 Å². The van der Waals surface area contributed by atoms with E-state index in [9.17, 15) is 9.59 Å². The number of benzene rings is 2. The van der Waals surface area contributed by atoms with Crippen LogP contribution in [0.15, 0.2) is 36.4 Å². The molecular weight excluding hydrogens is 396 g/mol. The summed E-state index contributed by atoms with van der Waals surface area (Å²) >= 11 is 6.01. The van der Waals surface area contributed by atoms with Crippen molar-refractivity contribution in [2.75, 3.05) is 33.2 Å². The summed E-state index contributed by atoms with van der Waals surface area (Å²) in [5.74, 6) is 0.747. The minimum absolute atomic E-state index is 0.0297. The van der Waals surface area contributed by atoms with Gasteiger partial charge in [-0.3, -0.25) is 4.79 Å². The molecule has 0 unspecified atom stereocenters. The fourth-order valence-electron chi connectivity index (χ4n) is 3.49. The van der Waals surface area contributed by atoms with E-state index in [1.807, 2.05) is 12.1 Å². The minimum atomic E-state index is -0.495. The molecule has 2 aromatic carbocycles. The Morgan fingerprint density at radius 1 is 1.14 bits per heavy atom. The summed E-state index contributed by atoms with van der Waals surface area (Å²) in [4.78, 5) is 26.7. The van der Waals surface area contributed by atoms with E-state index in [0.29, 0.717) is 35.2 Å². The summed E-state index contributed by atoms with van der Waals surface area (Å²) in [7, 11) is 4.45. The highest BCUT2D eigenvalue weighted by molar-refractivity contribution is 6.30. The highest BCUT2D eigenvalue weighted by atomic mass is 35.5. The van der Waals surface area contributed by atoms with Crippen molar-refractivity contribution in [2.24, 2.45) is 0 Å². The maximum absolute atomic E-state index is 13.0. The smallest absolute Gasteiger partial charge is 0.322 e. The second-order valence-electron chi connectivity index (χ2n) is 6.59. The first-order chi connectivity index (χ1) is 14.0. The molecule has 7 nitrogen and oxygen atoms in total. The average Bonchev–Trinajstić information content (AvgIpc) is 2.72. The van der Waals surface area contributed by atoms with Gasteiger partial charge in [0, 0.05) is 17.3 Å². The summed E-state index contributed by atoms with van der Waals surface area (Å²) in [5.41, 5.74) is 2.42. The van der Waals surface area contributed by atoms with Gasteiger partial charge in [0.15, 0.2) is 11.5 Å². The maximum Gasteiger partial charge on any atom is 0.322 e. The zero-order valence-electron chi connectivity index (χ0n) is 16.5. The van der Waals surface area contributed by atoms with Gasteiger partial charge in [-0.1, -0.05) is 17.7 Å². The van der Waals surface area contributed by atoms with Crippen molar-refractivity contribution >= 4 is 29.3 Å². The molecule has 0 aromatic heterocycles. The monoisotopic (exact) mass is 418 g/mol. The first kappa shape index (κ1) is 20.8. The molecule has 154 valence electrons. The highest BCUT2D eigenvalue weighted by Crippen LogP contribution is 2.39. The molecule has 1 atom stereocenters. The molecule has 0 bridgehead atoms. The Hall–Kier alpha value is -2.93. The van der Waals surface area contributed by atoms with Gasteiger partial charge in [-0.2, -0.15) is 0 Å². The lowest BCUT2D eigenvalue weighted by Gasteiger charge is -2.37. The van der Waals surface area contributed by atoms with E-state index < -0.39 is 12.0 Å². The van der Waals surface area contributed by atoms with Gasteiger partial charge < -0.3 is 24.4 Å². The van der Waals surface area contributed by atoms with E-state index >= 15 is 0 Å². The van der Waals surface area contributed by atoms with Crippen LogP contribution in [0.1, 0.15) is 23.6 Å². The van der Waals surface area contributed by atoms with E-state index in [1.54, 1.807) is 43.4 Å². The fraction of sp³-hybridized carbons (Fsp3) is 0.333. The topological polar surface area (TPSA) is 77.1 Å². The molecule has 3 rings (SSSR count). The number of ether oxygens (including phenoxy) is 3. The van der Waals surface area contributed by atoms with Gasteiger partial charge >= 0.3 is 12.0 Å². The zero-order valence-corrected chi connectivity index (χ0v) is 17.3. The van der Waals surface area contributed by atoms with Gasteiger partial charge in [0.25, 0.3) is 0 Å². The predicted octanol–water partition coefficient (Wildman–Crippen LogP) is 4.05. The molecule has 0 fully saturated rings. The van der Waals surface area contributed by atoms with Crippen LogP contribution in [0.2, 0.25) is 5.02 Å². The second-order valence-corrected chi connectivity index (χ2v) is 7.02. The summed E-state index contributed by atoms with van der Waals surface area (Å²) in [6.07, 6.45) is 0.651. The van der Waals surface area contributed by atoms with Gasteiger partial charge in [0.05, 0.1) is 33.8 Å². The predicted molar refractivity (Wildman–Crippen MR) is 110 cm³/mol. The van der Waals surface area contributed by atoms with Crippen LogP contribution < -0.4 is 14.8 Å². The number of halogens is 1. The third-order valence-corrected chi connectivity index (χ3v) is 5.16. The molecule has 0 saturated carbocycles. The first-order valence-electron chi connectivity index (χ1n) is 9.11. The first-order valence-corrected chi connectivity index (χ1v) is 9.49. The lowest BCUT2D eigenvalue weighted by Crippen LogP contribution is -2.43. The van der Waals surface area contributed by atoms with Gasteiger partial charge in [0.2, 0.25) is 0 Å². The summed E-state index contributed by atoms with van der Waals surface area (Å²) < 4.78 is 15.7. The van der Waals surface area contributed by atoms with E-state index in [4.69, 9.17) is 25.8 Å². The number of rotatable bonds is 5. The summed E-state index contributed by atoms with van der Waals surface area (Å²) in [6.45, 7) is 0.441. The number of fused-ring (bicyclic) bond motifs is 1. The standard InChI is InChI=1S/C21H23ClN2O5/c1-27-18-9-13-7-8-24(21(26)23-15-6-4-5-14(22)10-15)17(12-20(25)29-3)16(13)11-19(18)28-2/h4-6,9-11,17H,7-8,12H2,1-3H3,(H,23,26)/t17-/m1/s1. The molecule has 1 N–H and O–H groups in total. The molecule has 2 aromatic rings. The molecule has 29 heavy (non-hydrogen) atoms. The number of carbonyl (C=O) groups excluding carboxylic acids is 2. The Morgan fingerprint density at radius 2 is 1.86 bits per heavy atom. The highest BCUT2D eigenvalue weighted by Gasteiger charge is 2.34. The number of anilines is 1. The Morgan fingerprint density at radius 3 is 2.52 bits per heavy atom. The Bertz CT molecular complexity index is 918. The van der Waals surface area contributed by atoms with Crippen LogP contribution in [-0.2, 0) is 16.0 Å². The fourth-order valence-corrected chi connectivity index (χ4v) is 3.68. The zero-order chi connectivity index (χ0) is 21.0. The number of amides is 2. The van der Waals surface area contributed by atoms with Crippen LogP contribution >= 0.6 is 11.6 Å². The molecule has 0 radical (unpaired) electrons. The number of esters is 1. The largest absolute Gasteiger partial charge is 0.493 e. The molecule has 1 aliphatic heterocycles. The van der Waals surface area contributed by atoms with Crippen molar-refractivity contribution in [1.82, 2.24) is 4.90 Å². The van der Waals surface area contributed by atoms with Crippen LogP contribution in [0.4, 0.5) is 10.5 Å². The van der Waals surface area contributed by atoms with E-state index in [-0.39, 0.29) is 12.5 Å². The van der Waals surface area contributed by atoms with Crippen molar-refractivity contribution in [3.8, 4) is 11.5 Å². The number of methoxy groups -OCH3 is 3. The lowest BCUT2D eigenvalue weighted by atomic mass is 9.90. The molecule has 0 aliphatic carbocycles. The maximum atomic E-state index is 13.0. The molecule has 8 heteroatoms. The number of hydrogen-bond donors (Lipinski definition) is 1. The SMILES string of the molecule is COC(=O)C[C@@H]1c2cc(OC)c(OC)cc2CCN1C(=O)Nc1cccc(Cl)c1. The van der Waals surface area contributed by atoms with E-state index in [0.717, 1.165) is 11.1 Å². The third-order valence-electron chi connectivity index (χ3n) is 4.93. The third kappa shape index (κ3) is 4.56. The summed E-state index contributed by atoms with van der Waals surface area (Å²) in [6, 6.07) is 9.81. The van der Waals surface area contributed by atoms with Crippen molar-refractivity contribution in [3.05, 3.63) is 52.5 Å². The average molecular weight is 419 g/mol.